The van der Waals surface area contributed by atoms with Crippen LogP contribution in [-0.2, 0) is 12.2 Å². The fourth-order valence-corrected chi connectivity index (χ4v) is 2.47. The molecule has 0 unspecified atom stereocenters. The van der Waals surface area contributed by atoms with Crippen molar-refractivity contribution in [2.24, 2.45) is 0 Å². The molecule has 0 aliphatic carbocycles. The molecule has 0 aliphatic heterocycles. The quantitative estimate of drug-likeness (QED) is 0.546. The summed E-state index contributed by atoms with van der Waals surface area (Å²) in [6.07, 6.45) is 3.55. The zero-order valence-electron chi connectivity index (χ0n) is 8.59. The summed E-state index contributed by atoms with van der Waals surface area (Å²) in [6.45, 7) is 2.12. The molecule has 0 spiro atoms. The van der Waals surface area contributed by atoms with Gasteiger partial charge < -0.3 is 4.42 Å². The van der Waals surface area contributed by atoms with Crippen LogP contribution in [0.3, 0.4) is 0 Å². The first kappa shape index (κ1) is 12.2. The lowest BCUT2D eigenvalue weighted by molar-refractivity contribution is 0.485. The van der Waals surface area contributed by atoms with Gasteiger partial charge in [-0.05, 0) is 30.7 Å². The highest BCUT2D eigenvalue weighted by Crippen LogP contribution is 2.16. The van der Waals surface area contributed by atoms with Crippen LogP contribution in [0, 0.1) is 0 Å². The lowest BCUT2D eigenvalue weighted by Gasteiger charge is -1.97. The lowest BCUT2D eigenvalue weighted by Crippen LogP contribution is -1.83. The van der Waals surface area contributed by atoms with Crippen LogP contribution in [0.4, 0.5) is 0 Å². The number of aryl methyl sites for hydroxylation is 1. The van der Waals surface area contributed by atoms with E-state index in [-0.39, 0.29) is 0 Å². The summed E-state index contributed by atoms with van der Waals surface area (Å²) in [4.78, 5) is 0. The molecule has 1 heterocycles. The molecule has 0 fully saturated rings. The minimum absolute atomic E-state index is 0.994. The largest absolute Gasteiger partial charge is 0.465 e. The smallest absolute Gasteiger partial charge is 0.114 e. The maximum absolute atomic E-state index is 5.61. The van der Waals surface area contributed by atoms with Gasteiger partial charge in [-0.1, -0.05) is 22.9 Å². The van der Waals surface area contributed by atoms with Gasteiger partial charge in [-0.25, -0.2) is 0 Å². The Balaban J connectivity index is 2.12. The summed E-state index contributed by atoms with van der Waals surface area (Å²) in [7, 11) is 0. The second-order valence-electron chi connectivity index (χ2n) is 3.17. The van der Waals surface area contributed by atoms with Gasteiger partial charge in [-0.2, -0.15) is 11.8 Å². The van der Waals surface area contributed by atoms with Gasteiger partial charge in [-0.15, -0.1) is 0 Å². The van der Waals surface area contributed by atoms with Crippen molar-refractivity contribution in [1.29, 1.82) is 0 Å². The second-order valence-corrected chi connectivity index (χ2v) is 5.07. The molecule has 1 aromatic rings. The van der Waals surface area contributed by atoms with Crippen molar-refractivity contribution in [3.63, 3.8) is 0 Å². The topological polar surface area (TPSA) is 13.1 Å². The summed E-state index contributed by atoms with van der Waals surface area (Å²) < 4.78 is 5.61. The van der Waals surface area contributed by atoms with Gasteiger partial charge in [0.1, 0.15) is 11.5 Å². The molecule has 0 aliphatic rings. The Morgan fingerprint density at radius 3 is 2.71 bits per heavy atom. The number of alkyl halides is 1. The van der Waals surface area contributed by atoms with Crippen molar-refractivity contribution in [1.82, 2.24) is 0 Å². The molecule has 3 heteroatoms. The summed E-state index contributed by atoms with van der Waals surface area (Å²) in [5.74, 6) is 4.46. The third-order valence-corrected chi connectivity index (χ3v) is 3.61. The minimum atomic E-state index is 0.994. The third-order valence-electron chi connectivity index (χ3n) is 1.98. The average Bonchev–Trinajstić information content (AvgIpc) is 2.65. The maximum atomic E-state index is 5.61. The van der Waals surface area contributed by atoms with Gasteiger partial charge in [0, 0.05) is 11.8 Å². The van der Waals surface area contributed by atoms with Crippen LogP contribution in [-0.4, -0.2) is 11.1 Å². The predicted molar refractivity (Wildman–Crippen MR) is 67.3 cm³/mol. The van der Waals surface area contributed by atoms with E-state index in [0.29, 0.717) is 0 Å². The average molecular weight is 277 g/mol. The number of rotatable bonds is 7. The van der Waals surface area contributed by atoms with Crippen LogP contribution < -0.4 is 0 Å². The van der Waals surface area contributed by atoms with E-state index in [9.17, 15) is 0 Å². The molecule has 1 rings (SSSR count). The molecule has 0 amide bonds. The van der Waals surface area contributed by atoms with E-state index in [2.05, 4.69) is 35.0 Å². The van der Waals surface area contributed by atoms with Gasteiger partial charge in [0.25, 0.3) is 0 Å². The van der Waals surface area contributed by atoms with Crippen LogP contribution in [0.5, 0.6) is 0 Å². The van der Waals surface area contributed by atoms with Crippen molar-refractivity contribution in [2.75, 3.05) is 11.1 Å². The van der Waals surface area contributed by atoms with Crippen LogP contribution in [0.2, 0.25) is 0 Å². The Kier molecular flexibility index (Phi) is 6.45. The number of hydrogen-bond donors (Lipinski definition) is 0. The molecule has 1 nitrogen and oxygen atoms in total. The van der Waals surface area contributed by atoms with Crippen molar-refractivity contribution in [3.05, 3.63) is 23.7 Å². The van der Waals surface area contributed by atoms with E-state index in [0.717, 1.165) is 29.0 Å². The van der Waals surface area contributed by atoms with Crippen molar-refractivity contribution in [2.45, 2.75) is 31.9 Å². The molecule has 0 bridgehead atoms. The molecular formula is C11H17BrOS. The molecule has 0 saturated heterocycles. The maximum Gasteiger partial charge on any atom is 0.114 e. The molecule has 14 heavy (non-hydrogen) atoms. The zero-order chi connectivity index (χ0) is 10.2. The van der Waals surface area contributed by atoms with E-state index >= 15 is 0 Å². The van der Waals surface area contributed by atoms with Gasteiger partial charge >= 0.3 is 0 Å². The Bertz CT molecular complexity index is 247. The first-order chi connectivity index (χ1) is 6.86. The van der Waals surface area contributed by atoms with E-state index in [1.54, 1.807) is 0 Å². The molecule has 80 valence electrons. The molecule has 0 N–H and O–H groups in total. The highest BCUT2D eigenvalue weighted by molar-refractivity contribution is 9.09. The first-order valence-corrected chi connectivity index (χ1v) is 7.35. The van der Waals surface area contributed by atoms with Gasteiger partial charge in [-0.3, -0.25) is 0 Å². The number of unbranched alkanes of at least 4 members (excludes halogenated alkanes) is 1. The highest BCUT2D eigenvalue weighted by Gasteiger charge is 1.99. The van der Waals surface area contributed by atoms with E-state index in [1.807, 2.05) is 11.8 Å². The summed E-state index contributed by atoms with van der Waals surface area (Å²) in [5, 5.41) is 1.12. The summed E-state index contributed by atoms with van der Waals surface area (Å²) in [5.41, 5.74) is 0. The molecule has 0 atom stereocenters. The summed E-state index contributed by atoms with van der Waals surface area (Å²) in [6, 6.07) is 4.17. The fraction of sp³-hybridized carbons (Fsp3) is 0.636. The Hall–Kier alpha value is 0.110. The van der Waals surface area contributed by atoms with Gasteiger partial charge in [0.2, 0.25) is 0 Å². The minimum Gasteiger partial charge on any atom is -0.465 e. The Labute approximate surface area is 98.8 Å². The fourth-order valence-electron chi connectivity index (χ4n) is 1.16. The van der Waals surface area contributed by atoms with E-state index in [1.165, 1.54) is 18.6 Å². The second kappa shape index (κ2) is 7.41. The van der Waals surface area contributed by atoms with Crippen LogP contribution in [0.15, 0.2) is 16.5 Å². The number of halogens is 1. The monoisotopic (exact) mass is 276 g/mol. The molecule has 0 radical (unpaired) electrons. The van der Waals surface area contributed by atoms with Crippen molar-refractivity contribution >= 4 is 27.7 Å². The Morgan fingerprint density at radius 2 is 2.07 bits per heavy atom. The Morgan fingerprint density at radius 1 is 1.29 bits per heavy atom. The number of thioether (sulfide) groups is 1. The van der Waals surface area contributed by atoms with Crippen molar-refractivity contribution < 1.29 is 4.42 Å². The van der Waals surface area contributed by atoms with Crippen molar-refractivity contribution in [3.8, 4) is 0 Å². The molecular weight excluding hydrogens is 260 g/mol. The van der Waals surface area contributed by atoms with E-state index < -0.39 is 0 Å². The summed E-state index contributed by atoms with van der Waals surface area (Å²) >= 11 is 5.39. The van der Waals surface area contributed by atoms with E-state index in [4.69, 9.17) is 4.42 Å². The van der Waals surface area contributed by atoms with Gasteiger partial charge in [0.15, 0.2) is 0 Å². The van der Waals surface area contributed by atoms with Crippen LogP contribution >= 0.6 is 27.7 Å². The lowest BCUT2D eigenvalue weighted by atomic mass is 10.4. The number of hydrogen-bond acceptors (Lipinski definition) is 2. The standard InChI is InChI=1S/C11H17BrOS/c1-2-10-5-6-11(13-10)9-14-8-4-3-7-12/h5-6H,2-4,7-9H2,1H3. The first-order valence-electron chi connectivity index (χ1n) is 5.08. The number of furan rings is 1. The SMILES string of the molecule is CCc1ccc(CSCCCCBr)o1. The molecule has 1 aromatic heterocycles. The zero-order valence-corrected chi connectivity index (χ0v) is 11.0. The normalized spacial score (nSPS) is 10.7. The van der Waals surface area contributed by atoms with Crippen LogP contribution in [0.25, 0.3) is 0 Å². The molecule has 0 saturated carbocycles. The molecule has 0 aromatic carbocycles. The highest BCUT2D eigenvalue weighted by atomic mass is 79.9. The van der Waals surface area contributed by atoms with Crippen LogP contribution in [0.1, 0.15) is 31.3 Å². The predicted octanol–water partition coefficient (Wildman–Crippen LogP) is 4.25. The van der Waals surface area contributed by atoms with Gasteiger partial charge in [0.05, 0.1) is 5.75 Å². The third kappa shape index (κ3) is 4.56.